The van der Waals surface area contributed by atoms with Gasteiger partial charge in [-0.1, -0.05) is 11.6 Å². The summed E-state index contributed by atoms with van der Waals surface area (Å²) in [6.45, 7) is -0.266. The number of halogens is 3. The summed E-state index contributed by atoms with van der Waals surface area (Å²) < 4.78 is 32.7. The molecule has 0 atom stereocenters. The van der Waals surface area contributed by atoms with Gasteiger partial charge in [-0.25, -0.2) is 8.78 Å². The number of rotatable bonds is 7. The molecule has 0 radical (unpaired) electrons. The zero-order chi connectivity index (χ0) is 19.4. The van der Waals surface area contributed by atoms with Crippen molar-refractivity contribution in [2.45, 2.75) is 38.7 Å². The smallest absolute Gasteiger partial charge is 0.257 e. The van der Waals surface area contributed by atoms with Gasteiger partial charge in [-0.15, -0.1) is 0 Å². The normalized spacial score (nSPS) is 14.7. The lowest BCUT2D eigenvalue weighted by Crippen LogP contribution is -2.15. The quantitative estimate of drug-likeness (QED) is 0.687. The Kier molecular flexibility index (Phi) is 6.11. The predicted molar refractivity (Wildman–Crippen MR) is 97.6 cm³/mol. The molecule has 1 aliphatic rings. The van der Waals surface area contributed by atoms with Crippen molar-refractivity contribution in [3.63, 3.8) is 0 Å². The molecule has 0 unspecified atom stereocenters. The number of phenols is 1. The maximum Gasteiger partial charge on any atom is 0.257 e. The molecule has 0 saturated carbocycles. The molecule has 0 amide bonds. The number of aromatic nitrogens is 2. The molecule has 0 aliphatic heterocycles. The Morgan fingerprint density at radius 1 is 1.30 bits per heavy atom. The van der Waals surface area contributed by atoms with E-state index < -0.39 is 13.0 Å². The Morgan fingerprint density at radius 3 is 2.81 bits per heavy atom. The van der Waals surface area contributed by atoms with E-state index in [9.17, 15) is 18.7 Å². The second-order valence-corrected chi connectivity index (χ2v) is 6.70. The van der Waals surface area contributed by atoms with E-state index in [4.69, 9.17) is 16.3 Å². The molecule has 0 saturated heterocycles. The number of aldehydes is 1. The van der Waals surface area contributed by atoms with E-state index in [2.05, 4.69) is 5.10 Å². The summed E-state index contributed by atoms with van der Waals surface area (Å²) in [4.78, 5) is 11.3. The molecule has 1 heterocycles. The second-order valence-electron chi connectivity index (χ2n) is 6.29. The molecule has 1 aromatic heterocycles. The van der Waals surface area contributed by atoms with E-state index in [-0.39, 0.29) is 28.7 Å². The maximum absolute atomic E-state index is 12.8. The van der Waals surface area contributed by atoms with Crippen molar-refractivity contribution in [1.29, 1.82) is 0 Å². The molecule has 27 heavy (non-hydrogen) atoms. The van der Waals surface area contributed by atoms with Gasteiger partial charge in [-0.2, -0.15) is 5.10 Å². The van der Waals surface area contributed by atoms with Crippen LogP contribution in [0.3, 0.4) is 0 Å². The summed E-state index contributed by atoms with van der Waals surface area (Å²) >= 11 is 5.82. The first-order valence-corrected chi connectivity index (χ1v) is 8.99. The van der Waals surface area contributed by atoms with Gasteiger partial charge in [0.1, 0.15) is 24.7 Å². The van der Waals surface area contributed by atoms with Gasteiger partial charge in [-0.3, -0.25) is 9.48 Å². The largest absolute Gasteiger partial charge is 0.505 e. The lowest BCUT2D eigenvalue weighted by molar-refractivity contribution is 0.111. The van der Waals surface area contributed by atoms with E-state index >= 15 is 0 Å². The van der Waals surface area contributed by atoms with E-state index in [1.165, 1.54) is 23.0 Å². The highest BCUT2D eigenvalue weighted by atomic mass is 35.5. The van der Waals surface area contributed by atoms with Crippen LogP contribution in [0.4, 0.5) is 8.78 Å². The minimum absolute atomic E-state index is 0.0109. The molecule has 0 bridgehead atoms. The molecule has 8 heteroatoms. The number of hydrogen-bond acceptors (Lipinski definition) is 4. The zero-order valence-electron chi connectivity index (χ0n) is 14.5. The number of hydrogen-bond donors (Lipinski definition) is 1. The lowest BCUT2D eigenvalue weighted by atomic mass is 9.90. The SMILES string of the molecule is O=Cc1c(OCC2=C(c3ccnn3CC(F)F)CCCC2)ccc(Cl)c1O. The van der Waals surface area contributed by atoms with Crippen molar-refractivity contribution < 1.29 is 23.4 Å². The molecule has 1 N–H and O–H groups in total. The molecular weight excluding hydrogens is 378 g/mol. The molecule has 2 aromatic rings. The minimum atomic E-state index is -2.49. The third kappa shape index (κ3) is 4.30. The van der Waals surface area contributed by atoms with Gasteiger partial charge in [0, 0.05) is 6.20 Å². The van der Waals surface area contributed by atoms with Gasteiger partial charge in [0.15, 0.2) is 6.29 Å². The van der Waals surface area contributed by atoms with Crippen LogP contribution in [0.1, 0.15) is 41.7 Å². The van der Waals surface area contributed by atoms with Crippen LogP contribution in [0, 0.1) is 0 Å². The fraction of sp³-hybridized carbons (Fsp3) is 0.368. The van der Waals surface area contributed by atoms with Crippen molar-refractivity contribution in [3.05, 3.63) is 46.2 Å². The number of phenolic OH excluding ortho intramolecular Hbond substituents is 1. The lowest BCUT2D eigenvalue weighted by Gasteiger charge is -2.22. The highest BCUT2D eigenvalue weighted by Crippen LogP contribution is 2.36. The first-order chi connectivity index (χ1) is 13.0. The van der Waals surface area contributed by atoms with E-state index in [0.29, 0.717) is 12.0 Å². The van der Waals surface area contributed by atoms with Crippen LogP contribution in [-0.4, -0.2) is 34.2 Å². The minimum Gasteiger partial charge on any atom is -0.505 e. The van der Waals surface area contributed by atoms with Crippen LogP contribution in [0.25, 0.3) is 5.57 Å². The Morgan fingerprint density at radius 2 is 2.07 bits per heavy atom. The average Bonchev–Trinajstić information content (AvgIpc) is 3.10. The van der Waals surface area contributed by atoms with Gasteiger partial charge in [0.05, 0.1) is 16.3 Å². The summed E-state index contributed by atoms with van der Waals surface area (Å²) in [5.74, 6) is -0.0950. The number of nitrogens with zero attached hydrogens (tertiary/aromatic N) is 2. The van der Waals surface area contributed by atoms with E-state index in [0.717, 1.165) is 36.8 Å². The summed E-state index contributed by atoms with van der Waals surface area (Å²) in [6, 6.07) is 4.71. The Bertz CT molecular complexity index is 865. The Balaban J connectivity index is 1.87. The number of aromatic hydroxyl groups is 1. The maximum atomic E-state index is 12.8. The number of benzene rings is 1. The fourth-order valence-electron chi connectivity index (χ4n) is 3.27. The highest BCUT2D eigenvalue weighted by molar-refractivity contribution is 6.32. The van der Waals surface area contributed by atoms with Crippen LogP contribution in [-0.2, 0) is 6.54 Å². The van der Waals surface area contributed by atoms with Gasteiger partial charge >= 0.3 is 0 Å². The monoisotopic (exact) mass is 396 g/mol. The second kappa shape index (κ2) is 8.52. The van der Waals surface area contributed by atoms with Gasteiger partial charge in [0.25, 0.3) is 6.43 Å². The zero-order valence-corrected chi connectivity index (χ0v) is 15.3. The highest BCUT2D eigenvalue weighted by Gasteiger charge is 2.20. The molecule has 1 aliphatic carbocycles. The molecule has 0 spiro atoms. The third-order valence-electron chi connectivity index (χ3n) is 4.57. The van der Waals surface area contributed by atoms with Crippen LogP contribution in [0.5, 0.6) is 11.5 Å². The number of allylic oxidation sites excluding steroid dienone is 1. The summed E-state index contributed by atoms with van der Waals surface area (Å²) in [5.41, 5.74) is 2.58. The van der Waals surface area contributed by atoms with Crippen molar-refractivity contribution >= 4 is 23.5 Å². The van der Waals surface area contributed by atoms with E-state index in [1.807, 2.05) is 0 Å². The predicted octanol–water partition coefficient (Wildman–Crippen LogP) is 4.73. The molecule has 5 nitrogen and oxygen atoms in total. The van der Waals surface area contributed by atoms with Crippen LogP contribution >= 0.6 is 11.6 Å². The van der Waals surface area contributed by atoms with Crippen LogP contribution in [0.2, 0.25) is 5.02 Å². The topological polar surface area (TPSA) is 64.3 Å². The molecule has 144 valence electrons. The summed E-state index contributed by atoms with van der Waals surface area (Å²) in [5, 5.41) is 14.0. The summed E-state index contributed by atoms with van der Waals surface area (Å²) in [6.07, 6.45) is 2.96. The Labute approximate surface area is 160 Å². The van der Waals surface area contributed by atoms with Crippen molar-refractivity contribution in [1.82, 2.24) is 9.78 Å². The van der Waals surface area contributed by atoms with Crippen molar-refractivity contribution in [2.24, 2.45) is 0 Å². The first kappa shape index (κ1) is 19.4. The van der Waals surface area contributed by atoms with Crippen LogP contribution < -0.4 is 4.74 Å². The molecule has 3 rings (SSSR count). The van der Waals surface area contributed by atoms with Gasteiger partial charge in [-0.05, 0) is 55.0 Å². The van der Waals surface area contributed by atoms with Crippen molar-refractivity contribution in [2.75, 3.05) is 6.61 Å². The van der Waals surface area contributed by atoms with Gasteiger partial charge in [0.2, 0.25) is 0 Å². The molecule has 0 fully saturated rings. The Hall–Kier alpha value is -2.41. The summed E-state index contributed by atoms with van der Waals surface area (Å²) in [7, 11) is 0. The van der Waals surface area contributed by atoms with Crippen molar-refractivity contribution in [3.8, 4) is 11.5 Å². The van der Waals surface area contributed by atoms with Gasteiger partial charge < -0.3 is 9.84 Å². The number of alkyl halides is 2. The third-order valence-corrected chi connectivity index (χ3v) is 4.87. The standard InChI is InChI=1S/C19H19ClF2N2O3/c20-15-5-6-17(14(10-25)19(15)26)27-11-12-3-1-2-4-13(12)16-7-8-23-24(16)9-18(21)22/h5-8,10,18,26H,1-4,9,11H2. The molecular formula is C19H19ClF2N2O3. The number of carbonyl (C=O) groups is 1. The van der Waals surface area contributed by atoms with Crippen LogP contribution in [0.15, 0.2) is 30.0 Å². The number of ether oxygens (including phenoxy) is 1. The van der Waals surface area contributed by atoms with E-state index in [1.54, 1.807) is 6.07 Å². The number of carbonyl (C=O) groups excluding carboxylic acids is 1. The first-order valence-electron chi connectivity index (χ1n) is 8.62. The average molecular weight is 397 g/mol. The molecule has 1 aromatic carbocycles. The fourth-order valence-corrected chi connectivity index (χ4v) is 3.43.